The largest absolute Gasteiger partial charge is 0.460 e. The first kappa shape index (κ1) is 18.7. The smallest absolute Gasteiger partial charge is 0.306 e. The van der Waals surface area contributed by atoms with Crippen molar-refractivity contribution in [3.63, 3.8) is 0 Å². The molecule has 0 amide bonds. The van der Waals surface area contributed by atoms with Crippen LogP contribution < -0.4 is 0 Å². The van der Waals surface area contributed by atoms with Crippen LogP contribution >= 0.6 is 0 Å². The van der Waals surface area contributed by atoms with Gasteiger partial charge < -0.3 is 14.6 Å². The molecule has 2 heterocycles. The van der Waals surface area contributed by atoms with E-state index in [2.05, 4.69) is 6.92 Å². The van der Waals surface area contributed by atoms with Gasteiger partial charge in [-0.3, -0.25) is 4.79 Å². The van der Waals surface area contributed by atoms with E-state index in [0.717, 1.165) is 32.1 Å². The Morgan fingerprint density at radius 3 is 2.35 bits per heavy atom. The molecule has 4 nitrogen and oxygen atoms in total. The number of rotatable bonds is 11. The average Bonchev–Trinajstić information content (AvgIpc) is 3.18. The Kier molecular flexibility index (Phi) is 8.38. The second-order valence-corrected chi connectivity index (χ2v) is 7.19. The lowest BCUT2D eigenvalue weighted by atomic mass is 10.0. The van der Waals surface area contributed by atoms with Gasteiger partial charge in [-0.1, -0.05) is 58.3 Å². The van der Waals surface area contributed by atoms with Gasteiger partial charge in [0.2, 0.25) is 0 Å². The molecule has 0 aromatic rings. The molecule has 0 radical (unpaired) electrons. The lowest BCUT2D eigenvalue weighted by Crippen LogP contribution is -2.30. The van der Waals surface area contributed by atoms with E-state index in [0.29, 0.717) is 6.42 Å². The van der Waals surface area contributed by atoms with Crippen LogP contribution in [-0.4, -0.2) is 35.5 Å². The number of aliphatic hydroxyl groups excluding tert-OH is 1. The van der Waals surface area contributed by atoms with E-state index in [-0.39, 0.29) is 30.4 Å². The molecule has 0 bridgehead atoms. The molecule has 0 saturated carbocycles. The van der Waals surface area contributed by atoms with Crippen molar-refractivity contribution in [2.75, 3.05) is 0 Å². The molecule has 0 aliphatic carbocycles. The van der Waals surface area contributed by atoms with E-state index in [1.54, 1.807) is 0 Å². The third-order valence-corrected chi connectivity index (χ3v) is 5.20. The second-order valence-electron chi connectivity index (χ2n) is 7.19. The van der Waals surface area contributed by atoms with Crippen molar-refractivity contribution in [1.29, 1.82) is 0 Å². The van der Waals surface area contributed by atoms with Crippen LogP contribution in [0, 0.1) is 0 Å². The number of hydrogen-bond acceptors (Lipinski definition) is 4. The van der Waals surface area contributed by atoms with Crippen molar-refractivity contribution in [3.8, 4) is 0 Å². The molecule has 0 spiro atoms. The molecule has 2 aliphatic rings. The normalized spacial score (nSPS) is 29.0. The second kappa shape index (κ2) is 10.3. The van der Waals surface area contributed by atoms with Crippen LogP contribution in [0.5, 0.6) is 0 Å². The van der Waals surface area contributed by atoms with E-state index in [4.69, 9.17) is 9.47 Å². The molecule has 2 saturated heterocycles. The Labute approximate surface area is 140 Å². The lowest BCUT2D eigenvalue weighted by molar-refractivity contribution is -0.148. The summed E-state index contributed by atoms with van der Waals surface area (Å²) >= 11 is 0. The van der Waals surface area contributed by atoms with Crippen molar-refractivity contribution in [3.05, 3.63) is 0 Å². The van der Waals surface area contributed by atoms with Crippen molar-refractivity contribution in [2.45, 2.75) is 115 Å². The van der Waals surface area contributed by atoms with Gasteiger partial charge in [0, 0.05) is 6.42 Å². The number of unbranched alkanes of at least 4 members (excludes halogenated alkanes) is 7. The Hall–Kier alpha value is -0.610. The minimum Gasteiger partial charge on any atom is -0.460 e. The molecule has 4 heteroatoms. The topological polar surface area (TPSA) is 55.8 Å². The zero-order valence-electron chi connectivity index (χ0n) is 14.7. The number of ether oxygens (including phenoxy) is 2. The first-order valence-electron chi connectivity index (χ1n) is 9.73. The highest BCUT2D eigenvalue weighted by molar-refractivity contribution is 5.71. The number of carbonyl (C=O) groups excluding carboxylic acids is 1. The minimum absolute atomic E-state index is 0.000310. The van der Waals surface area contributed by atoms with Crippen molar-refractivity contribution < 1.29 is 19.4 Å². The molecule has 0 unspecified atom stereocenters. The Morgan fingerprint density at radius 1 is 1.00 bits per heavy atom. The summed E-state index contributed by atoms with van der Waals surface area (Å²) in [4.78, 5) is 11.2. The molecule has 4 atom stereocenters. The number of hydrogen-bond donors (Lipinski definition) is 1. The van der Waals surface area contributed by atoms with Gasteiger partial charge in [-0.2, -0.15) is 0 Å². The monoisotopic (exact) mass is 326 g/mol. The molecule has 2 aliphatic heterocycles. The molecule has 2 fully saturated rings. The van der Waals surface area contributed by atoms with Gasteiger partial charge in [-0.25, -0.2) is 0 Å². The molecule has 1 N–H and O–H groups in total. The predicted molar refractivity (Wildman–Crippen MR) is 90.2 cm³/mol. The van der Waals surface area contributed by atoms with Gasteiger partial charge in [-0.15, -0.1) is 0 Å². The van der Waals surface area contributed by atoms with Crippen LogP contribution in [0.4, 0.5) is 0 Å². The summed E-state index contributed by atoms with van der Waals surface area (Å²) < 4.78 is 11.2. The highest BCUT2D eigenvalue weighted by atomic mass is 16.6. The van der Waals surface area contributed by atoms with Gasteiger partial charge in [0.15, 0.2) is 0 Å². The zero-order valence-corrected chi connectivity index (χ0v) is 14.7. The third kappa shape index (κ3) is 6.42. The van der Waals surface area contributed by atoms with Gasteiger partial charge in [0.05, 0.1) is 18.3 Å². The Morgan fingerprint density at radius 2 is 1.70 bits per heavy atom. The van der Waals surface area contributed by atoms with Crippen molar-refractivity contribution in [2.24, 2.45) is 0 Å². The first-order valence-corrected chi connectivity index (χ1v) is 9.73. The maximum Gasteiger partial charge on any atom is 0.306 e. The SMILES string of the molecule is CCCCCCCCCC[C@@H](O)[C@H]1CC[C@H]([C@H]2CCC(=O)O2)O1. The predicted octanol–water partition coefficient (Wildman–Crippen LogP) is 4.13. The zero-order chi connectivity index (χ0) is 16.5. The fraction of sp³-hybridized carbons (Fsp3) is 0.947. The summed E-state index contributed by atoms with van der Waals surface area (Å²) in [7, 11) is 0. The minimum atomic E-state index is -0.364. The standard InChI is InChI=1S/C19H34O4/c1-2-3-4-5-6-7-8-9-10-15(20)16-11-12-17(22-16)18-13-14-19(21)23-18/h15-18,20H,2-14H2,1H3/t15-,16-,17-,18-/m1/s1. The fourth-order valence-corrected chi connectivity index (χ4v) is 3.73. The molecule has 0 aromatic carbocycles. The quantitative estimate of drug-likeness (QED) is 0.458. The summed E-state index contributed by atoms with van der Waals surface area (Å²) in [5, 5.41) is 10.3. The van der Waals surface area contributed by atoms with Gasteiger partial charge in [-0.05, 0) is 25.7 Å². The number of carbonyl (C=O) groups is 1. The van der Waals surface area contributed by atoms with Crippen LogP contribution in [0.1, 0.15) is 90.4 Å². The maximum absolute atomic E-state index is 11.2. The van der Waals surface area contributed by atoms with Gasteiger partial charge in [0.1, 0.15) is 6.10 Å². The Balaban J connectivity index is 1.51. The summed E-state index contributed by atoms with van der Waals surface area (Å²) in [5.74, 6) is -0.110. The molecule has 2 rings (SSSR count). The fourth-order valence-electron chi connectivity index (χ4n) is 3.73. The first-order chi connectivity index (χ1) is 11.2. The van der Waals surface area contributed by atoms with Crippen LogP contribution in [0.15, 0.2) is 0 Å². The van der Waals surface area contributed by atoms with Crippen LogP contribution in [0.3, 0.4) is 0 Å². The highest BCUT2D eigenvalue weighted by Gasteiger charge is 2.39. The summed E-state index contributed by atoms with van der Waals surface area (Å²) in [5.41, 5.74) is 0. The molecule has 23 heavy (non-hydrogen) atoms. The summed E-state index contributed by atoms with van der Waals surface area (Å²) in [6.07, 6.45) is 13.6. The van der Waals surface area contributed by atoms with E-state index < -0.39 is 0 Å². The Bertz CT molecular complexity index is 344. The van der Waals surface area contributed by atoms with E-state index in [9.17, 15) is 9.90 Å². The van der Waals surface area contributed by atoms with Crippen LogP contribution in [0.25, 0.3) is 0 Å². The van der Waals surface area contributed by atoms with Crippen LogP contribution in [0.2, 0.25) is 0 Å². The average molecular weight is 326 g/mol. The van der Waals surface area contributed by atoms with Gasteiger partial charge >= 0.3 is 5.97 Å². The molecular formula is C19H34O4. The summed E-state index contributed by atoms with van der Waals surface area (Å²) in [6, 6.07) is 0. The third-order valence-electron chi connectivity index (χ3n) is 5.20. The van der Waals surface area contributed by atoms with E-state index >= 15 is 0 Å². The van der Waals surface area contributed by atoms with E-state index in [1.807, 2.05) is 0 Å². The van der Waals surface area contributed by atoms with Gasteiger partial charge in [0.25, 0.3) is 0 Å². The maximum atomic E-state index is 11.2. The van der Waals surface area contributed by atoms with Crippen molar-refractivity contribution >= 4 is 5.97 Å². The molecular weight excluding hydrogens is 292 g/mol. The molecule has 0 aromatic heterocycles. The number of esters is 1. The van der Waals surface area contributed by atoms with E-state index in [1.165, 1.54) is 44.9 Å². The van der Waals surface area contributed by atoms with Crippen LogP contribution in [-0.2, 0) is 14.3 Å². The summed E-state index contributed by atoms with van der Waals surface area (Å²) in [6.45, 7) is 2.24. The lowest BCUT2D eigenvalue weighted by Gasteiger charge is -2.21. The van der Waals surface area contributed by atoms with Crippen molar-refractivity contribution in [1.82, 2.24) is 0 Å². The highest BCUT2D eigenvalue weighted by Crippen LogP contribution is 2.31. The molecule has 134 valence electrons. The number of cyclic esters (lactones) is 1. The number of aliphatic hydroxyl groups is 1.